The second kappa shape index (κ2) is 7.06. The van der Waals surface area contributed by atoms with Crippen LogP contribution in [0.3, 0.4) is 0 Å². The minimum absolute atomic E-state index is 0.0553. The quantitative estimate of drug-likeness (QED) is 0.472. The molecule has 9 nitrogen and oxygen atoms in total. The SMILES string of the molecule is CNc1cc(F)cc2c1[nH]c1nc(Oc3cnc(C)nc3)nc(N3CC[C@@H](N)C3)c12. The van der Waals surface area contributed by atoms with Gasteiger partial charge < -0.3 is 25.7 Å². The second-order valence-corrected chi connectivity index (χ2v) is 7.37. The first kappa shape index (κ1) is 18.5. The molecule has 0 amide bonds. The van der Waals surface area contributed by atoms with E-state index in [2.05, 4.69) is 35.1 Å². The number of aromatic nitrogens is 5. The maximum absolute atomic E-state index is 14.3. The van der Waals surface area contributed by atoms with E-state index in [0.717, 1.165) is 23.9 Å². The highest BCUT2D eigenvalue weighted by molar-refractivity contribution is 6.14. The number of nitrogens with two attached hydrogens (primary N) is 1. The maximum atomic E-state index is 14.3. The van der Waals surface area contributed by atoms with Crippen LogP contribution in [-0.4, -0.2) is 51.1 Å². The molecule has 4 aromatic rings. The molecule has 154 valence electrons. The molecule has 4 N–H and O–H groups in total. The van der Waals surface area contributed by atoms with Crippen LogP contribution in [0.5, 0.6) is 11.8 Å². The summed E-state index contributed by atoms with van der Waals surface area (Å²) in [6.45, 7) is 3.20. The number of H-pyrrole nitrogens is 1. The maximum Gasteiger partial charge on any atom is 0.326 e. The normalized spacial score (nSPS) is 16.5. The van der Waals surface area contributed by atoms with Gasteiger partial charge in [0, 0.05) is 31.6 Å². The molecule has 1 fully saturated rings. The summed E-state index contributed by atoms with van der Waals surface area (Å²) in [6, 6.07) is 3.15. The molecule has 1 saturated heterocycles. The highest BCUT2D eigenvalue weighted by Crippen LogP contribution is 2.37. The van der Waals surface area contributed by atoms with E-state index in [4.69, 9.17) is 10.5 Å². The number of rotatable bonds is 4. The molecule has 1 aromatic carbocycles. The van der Waals surface area contributed by atoms with Crippen molar-refractivity contribution in [2.24, 2.45) is 5.73 Å². The third-order valence-corrected chi connectivity index (χ3v) is 5.25. The second-order valence-electron chi connectivity index (χ2n) is 7.37. The number of fused-ring (bicyclic) bond motifs is 3. The zero-order valence-corrected chi connectivity index (χ0v) is 16.6. The summed E-state index contributed by atoms with van der Waals surface area (Å²) in [5.74, 6) is 1.40. The molecule has 1 aliphatic rings. The Kier molecular flexibility index (Phi) is 4.35. The van der Waals surface area contributed by atoms with Crippen molar-refractivity contribution < 1.29 is 9.13 Å². The van der Waals surface area contributed by atoms with Crippen molar-refractivity contribution in [1.29, 1.82) is 0 Å². The fourth-order valence-electron chi connectivity index (χ4n) is 3.81. The highest BCUT2D eigenvalue weighted by atomic mass is 19.1. The number of anilines is 2. The lowest BCUT2D eigenvalue weighted by Crippen LogP contribution is -2.27. The van der Waals surface area contributed by atoms with Crippen LogP contribution < -0.4 is 20.7 Å². The van der Waals surface area contributed by atoms with Gasteiger partial charge in [-0.1, -0.05) is 0 Å². The number of aromatic amines is 1. The van der Waals surface area contributed by atoms with Crippen LogP contribution in [0.25, 0.3) is 21.9 Å². The molecular weight excluding hydrogens is 387 g/mol. The molecule has 1 atom stereocenters. The largest absolute Gasteiger partial charge is 0.421 e. The lowest BCUT2D eigenvalue weighted by atomic mass is 10.1. The Morgan fingerprint density at radius 3 is 2.77 bits per heavy atom. The molecule has 0 radical (unpaired) electrons. The summed E-state index contributed by atoms with van der Waals surface area (Å²) in [7, 11) is 1.75. The van der Waals surface area contributed by atoms with Gasteiger partial charge in [-0.3, -0.25) is 0 Å². The van der Waals surface area contributed by atoms with Gasteiger partial charge in [-0.15, -0.1) is 0 Å². The van der Waals surface area contributed by atoms with Crippen LogP contribution in [0, 0.1) is 12.7 Å². The Morgan fingerprint density at radius 2 is 2.07 bits per heavy atom. The average molecular weight is 408 g/mol. The van der Waals surface area contributed by atoms with Gasteiger partial charge in [0.05, 0.1) is 29.0 Å². The summed E-state index contributed by atoms with van der Waals surface area (Å²) in [6.07, 6.45) is 3.99. The van der Waals surface area contributed by atoms with Gasteiger partial charge in [0.25, 0.3) is 0 Å². The zero-order chi connectivity index (χ0) is 20.8. The third kappa shape index (κ3) is 3.14. The summed E-state index contributed by atoms with van der Waals surface area (Å²) >= 11 is 0. The van der Waals surface area contributed by atoms with E-state index in [1.165, 1.54) is 12.1 Å². The van der Waals surface area contributed by atoms with Crippen molar-refractivity contribution in [3.63, 3.8) is 0 Å². The first-order valence-electron chi connectivity index (χ1n) is 9.69. The monoisotopic (exact) mass is 408 g/mol. The number of hydrogen-bond acceptors (Lipinski definition) is 8. The fraction of sp³-hybridized carbons (Fsp3) is 0.300. The molecule has 0 aliphatic carbocycles. The van der Waals surface area contributed by atoms with Crippen molar-refractivity contribution in [1.82, 2.24) is 24.9 Å². The van der Waals surface area contributed by atoms with Crippen molar-refractivity contribution in [3.05, 3.63) is 36.2 Å². The van der Waals surface area contributed by atoms with Crippen molar-refractivity contribution in [2.45, 2.75) is 19.4 Å². The smallest absolute Gasteiger partial charge is 0.326 e. The first-order chi connectivity index (χ1) is 14.5. The molecule has 3 aromatic heterocycles. The van der Waals surface area contributed by atoms with Gasteiger partial charge in [0.1, 0.15) is 23.1 Å². The molecular formula is C20H21FN8O. The van der Waals surface area contributed by atoms with Gasteiger partial charge in [-0.05, 0) is 25.5 Å². The van der Waals surface area contributed by atoms with Crippen molar-refractivity contribution in [2.75, 3.05) is 30.4 Å². The molecule has 0 unspecified atom stereocenters. The van der Waals surface area contributed by atoms with Crippen LogP contribution in [0.4, 0.5) is 15.9 Å². The number of nitrogens with zero attached hydrogens (tertiary/aromatic N) is 5. The predicted octanol–water partition coefficient (Wildman–Crippen LogP) is 2.72. The van der Waals surface area contributed by atoms with Gasteiger partial charge in [0.15, 0.2) is 5.75 Å². The Bertz CT molecular complexity index is 1240. The number of benzene rings is 1. The number of aryl methyl sites for hydroxylation is 1. The zero-order valence-electron chi connectivity index (χ0n) is 16.6. The molecule has 10 heteroatoms. The lowest BCUT2D eigenvalue weighted by Gasteiger charge is -2.18. The van der Waals surface area contributed by atoms with Gasteiger partial charge >= 0.3 is 6.01 Å². The number of halogens is 1. The Morgan fingerprint density at radius 1 is 1.27 bits per heavy atom. The molecule has 4 heterocycles. The first-order valence-corrected chi connectivity index (χ1v) is 9.69. The molecule has 0 saturated carbocycles. The topological polar surface area (TPSA) is 118 Å². The summed E-state index contributed by atoms with van der Waals surface area (Å²) in [5, 5.41) is 4.47. The fourth-order valence-corrected chi connectivity index (χ4v) is 3.81. The molecule has 0 bridgehead atoms. The summed E-state index contributed by atoms with van der Waals surface area (Å²) in [5.41, 5.74) is 8.08. The predicted molar refractivity (Wildman–Crippen MR) is 113 cm³/mol. The third-order valence-electron chi connectivity index (χ3n) is 5.25. The van der Waals surface area contributed by atoms with E-state index in [1.807, 2.05) is 0 Å². The Labute approximate surface area is 171 Å². The number of hydrogen-bond donors (Lipinski definition) is 3. The van der Waals surface area contributed by atoms with Crippen molar-refractivity contribution >= 4 is 33.4 Å². The van der Waals surface area contributed by atoms with E-state index in [0.29, 0.717) is 40.7 Å². The van der Waals surface area contributed by atoms with Crippen LogP contribution in [-0.2, 0) is 0 Å². The van der Waals surface area contributed by atoms with Crippen molar-refractivity contribution in [3.8, 4) is 11.8 Å². The van der Waals surface area contributed by atoms with Crippen LogP contribution >= 0.6 is 0 Å². The van der Waals surface area contributed by atoms with E-state index in [-0.39, 0.29) is 17.9 Å². The Hall–Kier alpha value is -3.53. The molecule has 5 rings (SSSR count). The van der Waals surface area contributed by atoms with E-state index in [9.17, 15) is 4.39 Å². The van der Waals surface area contributed by atoms with Gasteiger partial charge in [-0.25, -0.2) is 14.4 Å². The standard InChI is InChI=1S/C20H21FN8O/c1-10-24-7-13(8-25-10)30-20-27-18-16(19(28-20)29-4-3-12(22)9-29)14-5-11(21)6-15(23-2)17(14)26-18/h5-8,12,23H,3-4,9,22H2,1-2H3,(H,26,27,28)/t12-/m1/s1. The summed E-state index contributed by atoms with van der Waals surface area (Å²) in [4.78, 5) is 22.8. The molecule has 0 spiro atoms. The van der Waals surface area contributed by atoms with Crippen LogP contribution in [0.1, 0.15) is 12.2 Å². The molecule has 1 aliphatic heterocycles. The van der Waals surface area contributed by atoms with Gasteiger partial charge in [0.2, 0.25) is 0 Å². The van der Waals surface area contributed by atoms with E-state index in [1.54, 1.807) is 26.4 Å². The van der Waals surface area contributed by atoms with Crippen LogP contribution in [0.15, 0.2) is 24.5 Å². The minimum atomic E-state index is -0.339. The highest BCUT2D eigenvalue weighted by Gasteiger charge is 2.26. The van der Waals surface area contributed by atoms with E-state index >= 15 is 0 Å². The average Bonchev–Trinajstić information content (AvgIpc) is 3.32. The Balaban J connectivity index is 1.71. The lowest BCUT2D eigenvalue weighted by molar-refractivity contribution is 0.439. The number of ether oxygens (including phenoxy) is 1. The minimum Gasteiger partial charge on any atom is -0.421 e. The summed E-state index contributed by atoms with van der Waals surface area (Å²) < 4.78 is 20.1. The van der Waals surface area contributed by atoms with Crippen LogP contribution in [0.2, 0.25) is 0 Å². The molecule has 30 heavy (non-hydrogen) atoms. The van der Waals surface area contributed by atoms with Gasteiger partial charge in [-0.2, -0.15) is 9.97 Å². The van der Waals surface area contributed by atoms with E-state index < -0.39 is 0 Å². The number of nitrogens with one attached hydrogen (secondary N) is 2.